The maximum Gasteiger partial charge on any atom is 0.490 e. The van der Waals surface area contributed by atoms with E-state index in [2.05, 4.69) is 160 Å². The van der Waals surface area contributed by atoms with Gasteiger partial charge in [0.15, 0.2) is 0 Å². The summed E-state index contributed by atoms with van der Waals surface area (Å²) < 4.78 is 64.2. The number of aromatic nitrogens is 12. The summed E-state index contributed by atoms with van der Waals surface area (Å²) >= 11 is 6.78. The van der Waals surface area contributed by atoms with Crippen molar-refractivity contribution in [1.82, 2.24) is 59.8 Å². The van der Waals surface area contributed by atoms with Gasteiger partial charge in [0.05, 0.1) is 78.7 Å². The maximum absolute atomic E-state index is 11.0. The van der Waals surface area contributed by atoms with Crippen LogP contribution >= 0.6 is 31.9 Å². The van der Waals surface area contributed by atoms with Crippen molar-refractivity contribution < 1.29 is 46.0 Å². The van der Waals surface area contributed by atoms with E-state index in [1.54, 1.807) is 86.5 Å². The molecule has 1 saturated heterocycles. The topological polar surface area (TPSA) is 310 Å². The number of ether oxygens (including phenoxy) is 4. The first-order valence-corrected chi connectivity index (χ1v) is 37.2. The van der Waals surface area contributed by atoms with E-state index in [1.165, 1.54) is 11.0 Å². The lowest BCUT2D eigenvalue weighted by atomic mass is 9.75. The highest BCUT2D eigenvalue weighted by Gasteiger charge is 2.52. The maximum atomic E-state index is 11.0. The second kappa shape index (κ2) is 37.4. The third-order valence-electron chi connectivity index (χ3n) is 18.1. The molecule has 0 atom stereocenters. The van der Waals surface area contributed by atoms with Crippen LogP contribution in [0, 0.1) is 0 Å². The lowest BCUT2D eigenvalue weighted by Crippen LogP contribution is -2.41. The Morgan fingerprint density at radius 1 is 0.480 bits per heavy atom. The predicted octanol–water partition coefficient (Wildman–Crippen LogP) is 14.5. The summed E-state index contributed by atoms with van der Waals surface area (Å²) in [6.45, 7) is 11.2. The number of fused-ring (bicyclic) bond motifs is 3. The number of phenols is 1. The van der Waals surface area contributed by atoms with Gasteiger partial charge < -0.3 is 49.3 Å². The Balaban J connectivity index is 0.000000153. The molecule has 0 unspecified atom stereocenters. The van der Waals surface area contributed by atoms with Crippen LogP contribution in [0.1, 0.15) is 138 Å². The summed E-state index contributed by atoms with van der Waals surface area (Å²) in [5.74, 6) is 3.77. The van der Waals surface area contributed by atoms with E-state index in [1.807, 2.05) is 30.3 Å². The second-order valence-corrected chi connectivity index (χ2v) is 29.4. The molecule has 6 aliphatic rings. The van der Waals surface area contributed by atoms with Gasteiger partial charge >= 0.3 is 7.12 Å². The normalized spacial score (nSPS) is 21.3. The SMILES string of the molecule is Brc1cc(OC2CCC(Nc3ncccn3)CC2)c2nccnc2c1.C.C.C1=C(c2cc(OC3CCC(Nc4ncccn4)CC3)c3nccnc3c2)CCOC1.CC1(C)OB(C2=CCOCC2)OC1(C)C.CS(=O)(=O)OC1CCC(Nc2ncccn2)CC1.Oc1cc(Br)cc2nccnc12. The van der Waals surface area contributed by atoms with Crippen molar-refractivity contribution in [3.05, 3.63) is 161 Å². The van der Waals surface area contributed by atoms with E-state index in [4.69, 9.17) is 32.4 Å². The van der Waals surface area contributed by atoms with E-state index in [0.717, 1.165) is 157 Å². The van der Waals surface area contributed by atoms with Crippen LogP contribution in [0.5, 0.6) is 17.2 Å². The highest BCUT2D eigenvalue weighted by Crippen LogP contribution is 2.40. The van der Waals surface area contributed by atoms with Crippen molar-refractivity contribution in [3.63, 3.8) is 0 Å². The summed E-state index contributed by atoms with van der Waals surface area (Å²) in [4.78, 5) is 51.1. The number of hydrogen-bond donors (Lipinski definition) is 4. The van der Waals surface area contributed by atoms with E-state index < -0.39 is 10.1 Å². The monoisotopic (exact) mass is 1540 g/mol. The minimum absolute atomic E-state index is 0. The molecular formula is C73H92BBr2N15O10S. The van der Waals surface area contributed by atoms with E-state index in [-0.39, 0.29) is 63.3 Å². The van der Waals surface area contributed by atoms with Gasteiger partial charge in [-0.3, -0.25) is 19.1 Å². The largest absolute Gasteiger partial charge is 0.506 e. The Morgan fingerprint density at radius 3 is 1.30 bits per heavy atom. The summed E-state index contributed by atoms with van der Waals surface area (Å²) in [6, 6.07) is 18.0. The third-order valence-corrected chi connectivity index (χ3v) is 19.6. The molecule has 0 amide bonds. The Kier molecular flexibility index (Phi) is 28.7. The predicted molar refractivity (Wildman–Crippen MR) is 404 cm³/mol. The van der Waals surface area contributed by atoms with E-state index >= 15 is 0 Å². The number of anilines is 3. The summed E-state index contributed by atoms with van der Waals surface area (Å²) in [5, 5.41) is 19.5. The first-order chi connectivity index (χ1) is 48.3. The zero-order valence-electron chi connectivity index (χ0n) is 56.7. The summed E-state index contributed by atoms with van der Waals surface area (Å²) in [5.41, 5.74) is 7.73. The van der Waals surface area contributed by atoms with Crippen LogP contribution in [0.25, 0.3) is 38.7 Å². The number of hydrogen-bond acceptors (Lipinski definition) is 25. The average molecular weight is 1540 g/mol. The smallest absolute Gasteiger partial charge is 0.490 e. The zero-order valence-corrected chi connectivity index (χ0v) is 60.7. The summed E-state index contributed by atoms with van der Waals surface area (Å²) in [7, 11) is -3.53. The summed E-state index contributed by atoms with van der Waals surface area (Å²) in [6.07, 6.45) is 38.9. The lowest BCUT2D eigenvalue weighted by Gasteiger charge is -2.32. The quantitative estimate of drug-likeness (QED) is 0.0580. The fourth-order valence-corrected chi connectivity index (χ4v) is 13.8. The van der Waals surface area contributed by atoms with Gasteiger partial charge in [-0.2, -0.15) is 8.42 Å². The zero-order chi connectivity index (χ0) is 69.9. The Bertz CT molecular complexity index is 4280. The Labute approximate surface area is 614 Å². The van der Waals surface area contributed by atoms with Crippen LogP contribution in [0.4, 0.5) is 17.8 Å². The first kappa shape index (κ1) is 78.1. The Morgan fingerprint density at radius 2 is 0.873 bits per heavy atom. The van der Waals surface area contributed by atoms with Gasteiger partial charge in [0, 0.05) is 101 Å². The van der Waals surface area contributed by atoms with Crippen LogP contribution in [-0.4, -0.2) is 161 Å². The van der Waals surface area contributed by atoms with Crippen molar-refractivity contribution in [1.29, 1.82) is 0 Å². The van der Waals surface area contributed by atoms with E-state index in [0.29, 0.717) is 54.2 Å². The van der Waals surface area contributed by atoms with Crippen LogP contribution in [0.2, 0.25) is 0 Å². The molecule has 542 valence electrons. The van der Waals surface area contributed by atoms with Crippen molar-refractivity contribution in [3.8, 4) is 17.2 Å². The molecule has 9 aromatic rings. The van der Waals surface area contributed by atoms with Crippen molar-refractivity contribution in [2.75, 3.05) is 48.6 Å². The molecule has 0 radical (unpaired) electrons. The number of halogens is 2. The molecule has 0 bridgehead atoms. The van der Waals surface area contributed by atoms with Gasteiger partial charge in [-0.15, -0.1) is 0 Å². The molecule has 29 heteroatoms. The molecule has 4 N–H and O–H groups in total. The van der Waals surface area contributed by atoms with Crippen LogP contribution in [0.15, 0.2) is 156 Å². The fraction of sp³-hybridized carbons (Fsp3) is 0.452. The molecular weight excluding hydrogens is 1450 g/mol. The van der Waals surface area contributed by atoms with Gasteiger partial charge in [-0.25, -0.2) is 44.9 Å². The molecule has 15 rings (SSSR count). The Hall–Kier alpha value is -8.03. The number of benzene rings is 3. The lowest BCUT2D eigenvalue weighted by molar-refractivity contribution is 0.00578. The molecule has 3 aliphatic heterocycles. The highest BCUT2D eigenvalue weighted by atomic mass is 79.9. The molecule has 3 aromatic carbocycles. The highest BCUT2D eigenvalue weighted by molar-refractivity contribution is 9.10. The molecule has 6 aromatic heterocycles. The molecule has 0 spiro atoms. The van der Waals surface area contributed by atoms with Gasteiger partial charge in [0.1, 0.15) is 33.8 Å². The minimum Gasteiger partial charge on any atom is -0.506 e. The second-order valence-electron chi connectivity index (χ2n) is 25.9. The fourth-order valence-electron chi connectivity index (χ4n) is 12.2. The molecule has 4 fully saturated rings. The van der Waals surface area contributed by atoms with E-state index in [9.17, 15) is 13.5 Å². The van der Waals surface area contributed by atoms with Crippen LogP contribution in [0.3, 0.4) is 0 Å². The van der Waals surface area contributed by atoms with Gasteiger partial charge in [0.2, 0.25) is 17.8 Å². The molecule has 102 heavy (non-hydrogen) atoms. The van der Waals surface area contributed by atoms with Crippen molar-refractivity contribution >= 4 is 106 Å². The van der Waals surface area contributed by atoms with Crippen molar-refractivity contribution in [2.45, 2.75) is 180 Å². The third kappa shape index (κ3) is 22.7. The molecule has 9 heterocycles. The van der Waals surface area contributed by atoms with Crippen LogP contribution in [-0.2, 0) is 33.1 Å². The van der Waals surface area contributed by atoms with Gasteiger partial charge in [0.25, 0.3) is 10.1 Å². The first-order valence-electron chi connectivity index (χ1n) is 33.8. The van der Waals surface area contributed by atoms with Gasteiger partial charge in [-0.05, 0) is 189 Å². The number of aromatic hydroxyl groups is 1. The number of phenolic OH excluding ortho intramolecular Hbond substituents is 1. The number of nitrogens with zero attached hydrogens (tertiary/aromatic N) is 12. The number of rotatable bonds is 14. The van der Waals surface area contributed by atoms with Crippen LogP contribution < -0.4 is 25.4 Å². The standard InChI is InChI=1S/C23H25N5O2.C18H18BrN5O.C11H19BO3.C11H17N3O3S.C8H5BrN2O.2CH4/c1-8-26-23(27-9-1)28-18-2-4-19(5-3-18)30-21-15-17(16-6-12-29-13-7-16)14-20-22(21)25-11-10-24-20;19-12-10-15-17(21-9-8-20-15)16(11-12)25-14-4-2-13(3-5-14)24-18-22-6-1-7-23-18;1-10(2)11(3,4)15-12(14-10)9-5-7-13-8-6-9;1-18(15,16)17-10-5-3-9(4-6-10)14-11-12-7-2-8-13-11;9-5-3-6-8(7(12)4-5)11-2-1-10-6;;/h1,6,8-11,14-15,18-19H,2-5,7,12-13H2,(H,26,27,28);1,6-11,13-14H,2-5H2,(H,22,23,24);5H,6-8H2,1-4H3;2,7-10H,3-6H2,1H3,(H,12,13,14);1-4,12H;2*1H4. The van der Waals surface area contributed by atoms with Crippen molar-refractivity contribution in [2.24, 2.45) is 0 Å². The molecule has 3 aliphatic carbocycles. The van der Waals surface area contributed by atoms with Gasteiger partial charge in [-0.1, -0.05) is 58.9 Å². The average Bonchev–Trinajstić information content (AvgIpc) is 1.54. The molecule has 3 saturated carbocycles. The molecule has 25 nitrogen and oxygen atoms in total. The minimum atomic E-state index is -3.35. The number of nitrogens with one attached hydrogen (secondary N) is 3.